The molecule has 0 saturated carbocycles. The van der Waals surface area contributed by atoms with Crippen molar-refractivity contribution < 1.29 is 23.1 Å². The van der Waals surface area contributed by atoms with Crippen molar-refractivity contribution in [2.45, 2.75) is 18.2 Å². The fourth-order valence-electron chi connectivity index (χ4n) is 1.54. The van der Waals surface area contributed by atoms with Crippen LogP contribution in [0, 0.1) is 6.92 Å². The monoisotopic (exact) mass is 272 g/mol. The number of esters is 1. The van der Waals surface area contributed by atoms with Crippen molar-refractivity contribution >= 4 is 15.8 Å². The second kappa shape index (κ2) is 5.97. The molecule has 0 bridgehead atoms. The maximum Gasteiger partial charge on any atom is 0.337 e. The zero-order valence-electron chi connectivity index (χ0n) is 10.3. The van der Waals surface area contributed by atoms with E-state index in [2.05, 4.69) is 4.74 Å². The molecular weight excluding hydrogens is 256 g/mol. The highest BCUT2D eigenvalue weighted by molar-refractivity contribution is 7.91. The Morgan fingerprint density at radius 1 is 1.39 bits per heavy atom. The summed E-state index contributed by atoms with van der Waals surface area (Å²) in [5, 5.41) is 8.69. The molecule has 0 aromatic heterocycles. The summed E-state index contributed by atoms with van der Waals surface area (Å²) in [4.78, 5) is 11.5. The number of aryl methyl sites for hydroxylation is 1. The number of carbonyl (C=O) groups is 1. The van der Waals surface area contributed by atoms with Crippen LogP contribution in [0.15, 0.2) is 23.1 Å². The van der Waals surface area contributed by atoms with E-state index in [-0.39, 0.29) is 29.2 Å². The van der Waals surface area contributed by atoms with E-state index in [9.17, 15) is 13.2 Å². The molecule has 0 aliphatic carbocycles. The van der Waals surface area contributed by atoms with Gasteiger partial charge in [0.05, 0.1) is 23.3 Å². The first-order chi connectivity index (χ1) is 8.42. The SMILES string of the molecule is COC(=O)c1ccc(C)c(S(=O)(=O)CCCO)c1. The first-order valence-corrected chi connectivity index (χ1v) is 7.10. The fourth-order valence-corrected chi connectivity index (χ4v) is 3.14. The maximum atomic E-state index is 12.0. The van der Waals surface area contributed by atoms with Gasteiger partial charge in [-0.05, 0) is 31.0 Å². The number of methoxy groups -OCH3 is 1. The predicted molar refractivity (Wildman–Crippen MR) is 66.3 cm³/mol. The van der Waals surface area contributed by atoms with Gasteiger partial charge in [0.25, 0.3) is 0 Å². The van der Waals surface area contributed by atoms with Gasteiger partial charge < -0.3 is 9.84 Å². The van der Waals surface area contributed by atoms with E-state index >= 15 is 0 Å². The zero-order chi connectivity index (χ0) is 13.8. The van der Waals surface area contributed by atoms with Gasteiger partial charge in [-0.3, -0.25) is 0 Å². The van der Waals surface area contributed by atoms with Crippen LogP contribution in [0.1, 0.15) is 22.3 Å². The number of aliphatic hydroxyl groups excluding tert-OH is 1. The van der Waals surface area contributed by atoms with Crippen LogP contribution >= 0.6 is 0 Å². The van der Waals surface area contributed by atoms with E-state index in [1.807, 2.05) is 0 Å². The highest BCUT2D eigenvalue weighted by Gasteiger charge is 2.19. The molecule has 0 heterocycles. The molecule has 0 atom stereocenters. The lowest BCUT2D eigenvalue weighted by Crippen LogP contribution is -2.11. The van der Waals surface area contributed by atoms with Crippen LogP contribution in [0.3, 0.4) is 0 Å². The highest BCUT2D eigenvalue weighted by atomic mass is 32.2. The molecule has 18 heavy (non-hydrogen) atoms. The number of hydrogen-bond donors (Lipinski definition) is 1. The Bertz CT molecular complexity index is 533. The highest BCUT2D eigenvalue weighted by Crippen LogP contribution is 2.19. The van der Waals surface area contributed by atoms with Crippen molar-refractivity contribution in [3.8, 4) is 0 Å². The second-order valence-electron chi connectivity index (χ2n) is 3.87. The summed E-state index contributed by atoms with van der Waals surface area (Å²) in [5.41, 5.74) is 0.770. The molecule has 0 radical (unpaired) electrons. The van der Waals surface area contributed by atoms with E-state index in [1.165, 1.54) is 19.2 Å². The molecule has 0 unspecified atom stereocenters. The Balaban J connectivity index is 3.19. The molecule has 0 spiro atoms. The van der Waals surface area contributed by atoms with Crippen LogP contribution in [0.4, 0.5) is 0 Å². The molecule has 1 N–H and O–H groups in total. The third-order valence-corrected chi connectivity index (χ3v) is 4.45. The summed E-state index contributed by atoms with van der Waals surface area (Å²) in [5.74, 6) is -0.719. The molecule has 0 aliphatic rings. The van der Waals surface area contributed by atoms with Gasteiger partial charge in [0.2, 0.25) is 0 Å². The minimum Gasteiger partial charge on any atom is -0.465 e. The van der Waals surface area contributed by atoms with Crippen LogP contribution in [0.2, 0.25) is 0 Å². The molecular formula is C12H16O5S. The smallest absolute Gasteiger partial charge is 0.337 e. The molecule has 1 rings (SSSR count). The Labute approximate surface area is 106 Å². The topological polar surface area (TPSA) is 80.7 Å². The fraction of sp³-hybridized carbons (Fsp3) is 0.417. The molecule has 5 nitrogen and oxygen atoms in total. The summed E-state index contributed by atoms with van der Waals surface area (Å²) in [6, 6.07) is 4.40. The van der Waals surface area contributed by atoms with E-state index in [0.29, 0.717) is 5.56 Å². The van der Waals surface area contributed by atoms with Gasteiger partial charge >= 0.3 is 5.97 Å². The van der Waals surface area contributed by atoms with Gasteiger partial charge in [-0.15, -0.1) is 0 Å². The number of aliphatic hydroxyl groups is 1. The Hall–Kier alpha value is -1.40. The molecule has 6 heteroatoms. The summed E-state index contributed by atoms with van der Waals surface area (Å²) in [7, 11) is -2.25. The lowest BCUT2D eigenvalue weighted by molar-refractivity contribution is 0.0600. The van der Waals surface area contributed by atoms with E-state index < -0.39 is 15.8 Å². The largest absolute Gasteiger partial charge is 0.465 e. The summed E-state index contributed by atoms with van der Waals surface area (Å²) in [6.45, 7) is 1.47. The lowest BCUT2D eigenvalue weighted by atomic mass is 10.1. The van der Waals surface area contributed by atoms with Crippen molar-refractivity contribution in [2.24, 2.45) is 0 Å². The standard InChI is InChI=1S/C12H16O5S/c1-9-4-5-10(12(14)17-2)8-11(9)18(15,16)7-3-6-13/h4-5,8,13H,3,6-7H2,1-2H3. The minimum atomic E-state index is -3.49. The van der Waals surface area contributed by atoms with Crippen molar-refractivity contribution in [1.82, 2.24) is 0 Å². The van der Waals surface area contributed by atoms with Crippen molar-refractivity contribution in [1.29, 1.82) is 0 Å². The van der Waals surface area contributed by atoms with E-state index in [4.69, 9.17) is 5.11 Å². The summed E-state index contributed by atoms with van der Waals surface area (Å²) >= 11 is 0. The molecule has 1 aromatic carbocycles. The number of rotatable bonds is 5. The van der Waals surface area contributed by atoms with E-state index in [0.717, 1.165) is 0 Å². The number of carbonyl (C=O) groups excluding carboxylic acids is 1. The van der Waals surface area contributed by atoms with Gasteiger partial charge in [-0.2, -0.15) is 0 Å². The normalized spacial score (nSPS) is 11.3. The Morgan fingerprint density at radius 3 is 2.61 bits per heavy atom. The maximum absolute atomic E-state index is 12.0. The van der Waals surface area contributed by atoms with Gasteiger partial charge in [0.15, 0.2) is 9.84 Å². The minimum absolute atomic E-state index is 0.110. The number of sulfone groups is 1. The average molecular weight is 272 g/mol. The van der Waals surface area contributed by atoms with E-state index in [1.54, 1.807) is 13.0 Å². The molecule has 0 fully saturated rings. The zero-order valence-corrected chi connectivity index (χ0v) is 11.2. The van der Waals surface area contributed by atoms with Gasteiger partial charge in [-0.25, -0.2) is 13.2 Å². The number of benzene rings is 1. The first kappa shape index (κ1) is 14.7. The molecule has 1 aromatic rings. The van der Waals surface area contributed by atoms with Crippen LogP contribution in [0.25, 0.3) is 0 Å². The summed E-state index contributed by atoms with van der Waals surface area (Å²) in [6.07, 6.45) is 0.171. The van der Waals surface area contributed by atoms with Crippen LogP contribution in [0.5, 0.6) is 0 Å². The quantitative estimate of drug-likeness (QED) is 0.807. The summed E-state index contributed by atoms with van der Waals surface area (Å²) < 4.78 is 28.6. The number of ether oxygens (including phenoxy) is 1. The molecule has 0 saturated heterocycles. The second-order valence-corrected chi connectivity index (χ2v) is 5.95. The third kappa shape index (κ3) is 3.30. The number of hydrogen-bond acceptors (Lipinski definition) is 5. The van der Waals surface area contributed by atoms with Crippen LogP contribution < -0.4 is 0 Å². The molecule has 100 valence electrons. The average Bonchev–Trinajstić information content (AvgIpc) is 2.35. The Morgan fingerprint density at radius 2 is 2.06 bits per heavy atom. The van der Waals surface area contributed by atoms with Crippen LogP contribution in [-0.4, -0.2) is 39.0 Å². The lowest BCUT2D eigenvalue weighted by Gasteiger charge is -2.08. The predicted octanol–water partition coefficient (Wildman–Crippen LogP) is 0.938. The van der Waals surface area contributed by atoms with Crippen LogP contribution in [-0.2, 0) is 14.6 Å². The third-order valence-electron chi connectivity index (χ3n) is 2.52. The molecule has 0 aliphatic heterocycles. The van der Waals surface area contributed by atoms with Gasteiger partial charge in [-0.1, -0.05) is 6.07 Å². The van der Waals surface area contributed by atoms with Crippen molar-refractivity contribution in [2.75, 3.05) is 19.5 Å². The van der Waals surface area contributed by atoms with Crippen molar-refractivity contribution in [3.05, 3.63) is 29.3 Å². The van der Waals surface area contributed by atoms with Gasteiger partial charge in [0.1, 0.15) is 0 Å². The molecule has 0 amide bonds. The van der Waals surface area contributed by atoms with Gasteiger partial charge in [0, 0.05) is 6.61 Å². The first-order valence-electron chi connectivity index (χ1n) is 5.45. The Kier molecular flexibility index (Phi) is 4.86. The van der Waals surface area contributed by atoms with Crippen molar-refractivity contribution in [3.63, 3.8) is 0 Å².